The van der Waals surface area contributed by atoms with E-state index in [0.29, 0.717) is 6.54 Å². The summed E-state index contributed by atoms with van der Waals surface area (Å²) >= 11 is 1.47. The van der Waals surface area contributed by atoms with Crippen LogP contribution in [0, 0.1) is 0 Å². The average Bonchev–Trinajstić information content (AvgIpc) is 3.11. The highest BCUT2D eigenvalue weighted by Crippen LogP contribution is 2.27. The lowest BCUT2D eigenvalue weighted by Crippen LogP contribution is -2.32. The number of carbonyl (C=O) groups is 1. The van der Waals surface area contributed by atoms with Crippen molar-refractivity contribution < 1.29 is 4.79 Å². The van der Waals surface area contributed by atoms with E-state index in [0.717, 1.165) is 29.5 Å². The van der Waals surface area contributed by atoms with Crippen molar-refractivity contribution in [2.75, 3.05) is 6.54 Å². The molecule has 1 aromatic heterocycles. The minimum absolute atomic E-state index is 0.0586. The maximum atomic E-state index is 12.5. The standard InChI is InChI=1S/C21H28N4OS/c1-3-25-19(18-12-8-5-9-13-18)23-24-21(25)27-16(2)20(26)22-15-14-17-10-6-4-7-11-17/h5,8-10,12-13,16H,3-4,6-7,11,14-15H2,1-2H3,(H,22,26)/t16-/m1/s1. The predicted molar refractivity (Wildman–Crippen MR) is 111 cm³/mol. The van der Waals surface area contributed by atoms with E-state index in [2.05, 4.69) is 33.1 Å². The molecule has 0 saturated heterocycles. The second-order valence-corrected chi connectivity index (χ2v) is 8.13. The van der Waals surface area contributed by atoms with Crippen molar-refractivity contribution >= 4 is 17.7 Å². The molecule has 1 heterocycles. The smallest absolute Gasteiger partial charge is 0.233 e. The van der Waals surface area contributed by atoms with Gasteiger partial charge in [-0.15, -0.1) is 10.2 Å². The molecule has 1 N–H and O–H groups in total. The Bertz CT molecular complexity index is 785. The van der Waals surface area contributed by atoms with Crippen LogP contribution in [0.1, 0.15) is 46.0 Å². The van der Waals surface area contributed by atoms with Gasteiger partial charge < -0.3 is 9.88 Å². The molecule has 0 radical (unpaired) electrons. The molecular formula is C21H28N4OS. The first kappa shape index (κ1) is 19.7. The SMILES string of the molecule is CCn1c(S[C@H](C)C(=O)NCCC2=CCCCC2)nnc1-c1ccccc1. The van der Waals surface area contributed by atoms with E-state index in [1.165, 1.54) is 43.0 Å². The summed E-state index contributed by atoms with van der Waals surface area (Å²) < 4.78 is 2.07. The number of hydrogen-bond donors (Lipinski definition) is 1. The molecule has 1 aromatic carbocycles. The number of aromatic nitrogens is 3. The van der Waals surface area contributed by atoms with Crippen molar-refractivity contribution in [2.24, 2.45) is 0 Å². The number of thioether (sulfide) groups is 1. The third kappa shape index (κ3) is 5.22. The van der Waals surface area contributed by atoms with Crippen molar-refractivity contribution in [1.29, 1.82) is 0 Å². The molecule has 1 aliphatic rings. The molecule has 1 amide bonds. The van der Waals surface area contributed by atoms with Gasteiger partial charge in [-0.3, -0.25) is 4.79 Å². The summed E-state index contributed by atoms with van der Waals surface area (Å²) in [4.78, 5) is 12.5. The molecule has 0 saturated carbocycles. The number of nitrogens with one attached hydrogen (secondary N) is 1. The van der Waals surface area contributed by atoms with Crippen molar-refractivity contribution in [1.82, 2.24) is 20.1 Å². The topological polar surface area (TPSA) is 59.8 Å². The van der Waals surface area contributed by atoms with Gasteiger partial charge in [0.1, 0.15) is 0 Å². The van der Waals surface area contributed by atoms with Crippen molar-refractivity contribution in [3.8, 4) is 11.4 Å². The molecule has 0 unspecified atom stereocenters. The van der Waals surface area contributed by atoms with Crippen LogP contribution in [-0.2, 0) is 11.3 Å². The van der Waals surface area contributed by atoms with E-state index in [-0.39, 0.29) is 11.2 Å². The maximum Gasteiger partial charge on any atom is 0.233 e. The first-order valence-electron chi connectivity index (χ1n) is 9.80. The lowest BCUT2D eigenvalue weighted by atomic mass is 9.97. The molecule has 144 valence electrons. The molecule has 0 bridgehead atoms. The number of nitrogens with zero attached hydrogens (tertiary/aromatic N) is 3. The number of allylic oxidation sites excluding steroid dienone is 1. The summed E-state index contributed by atoms with van der Waals surface area (Å²) in [5.74, 6) is 0.903. The van der Waals surface area contributed by atoms with Gasteiger partial charge in [-0.2, -0.15) is 0 Å². The fourth-order valence-corrected chi connectivity index (χ4v) is 4.23. The fraction of sp³-hybridized carbons (Fsp3) is 0.476. The number of hydrogen-bond acceptors (Lipinski definition) is 4. The summed E-state index contributed by atoms with van der Waals surface area (Å²) in [7, 11) is 0. The number of benzene rings is 1. The number of carbonyl (C=O) groups excluding carboxylic acids is 1. The average molecular weight is 385 g/mol. The Hall–Kier alpha value is -2.08. The van der Waals surface area contributed by atoms with Crippen molar-refractivity contribution in [3.63, 3.8) is 0 Å². The molecule has 0 aliphatic heterocycles. The van der Waals surface area contributed by atoms with E-state index < -0.39 is 0 Å². The van der Waals surface area contributed by atoms with Crippen LogP contribution in [0.4, 0.5) is 0 Å². The second kappa shape index (κ2) is 9.74. The quantitative estimate of drug-likeness (QED) is 0.539. The molecule has 1 atom stereocenters. The first-order chi connectivity index (χ1) is 13.2. The third-order valence-electron chi connectivity index (χ3n) is 4.85. The van der Waals surface area contributed by atoms with Crippen LogP contribution in [0.3, 0.4) is 0 Å². The lowest BCUT2D eigenvalue weighted by molar-refractivity contribution is -0.120. The highest BCUT2D eigenvalue weighted by Gasteiger charge is 2.20. The van der Waals surface area contributed by atoms with Gasteiger partial charge in [-0.1, -0.05) is 53.7 Å². The minimum atomic E-state index is -0.205. The third-order valence-corrected chi connectivity index (χ3v) is 5.93. The Morgan fingerprint density at radius 1 is 1.26 bits per heavy atom. The van der Waals surface area contributed by atoms with E-state index in [9.17, 15) is 4.79 Å². The largest absolute Gasteiger partial charge is 0.355 e. The van der Waals surface area contributed by atoms with Crippen LogP contribution >= 0.6 is 11.8 Å². The second-order valence-electron chi connectivity index (χ2n) is 6.83. The van der Waals surface area contributed by atoms with Gasteiger partial charge in [0.05, 0.1) is 5.25 Å². The van der Waals surface area contributed by atoms with Gasteiger partial charge in [0.2, 0.25) is 5.91 Å². The van der Waals surface area contributed by atoms with Crippen LogP contribution in [0.15, 0.2) is 47.1 Å². The molecule has 0 fully saturated rings. The summed E-state index contributed by atoms with van der Waals surface area (Å²) in [6.45, 7) is 5.48. The zero-order valence-corrected chi connectivity index (χ0v) is 17.0. The van der Waals surface area contributed by atoms with E-state index in [4.69, 9.17) is 0 Å². The molecular weight excluding hydrogens is 356 g/mol. The summed E-state index contributed by atoms with van der Waals surface area (Å²) in [5, 5.41) is 12.3. The fourth-order valence-electron chi connectivity index (χ4n) is 3.30. The van der Waals surface area contributed by atoms with Crippen LogP contribution in [0.2, 0.25) is 0 Å². The first-order valence-corrected chi connectivity index (χ1v) is 10.7. The van der Waals surface area contributed by atoms with E-state index >= 15 is 0 Å². The highest BCUT2D eigenvalue weighted by atomic mass is 32.2. The number of rotatable bonds is 8. The molecule has 2 aromatic rings. The van der Waals surface area contributed by atoms with Crippen molar-refractivity contribution in [2.45, 2.75) is 62.9 Å². The maximum absolute atomic E-state index is 12.5. The monoisotopic (exact) mass is 384 g/mol. The molecule has 27 heavy (non-hydrogen) atoms. The Morgan fingerprint density at radius 2 is 2.07 bits per heavy atom. The van der Waals surface area contributed by atoms with Gasteiger partial charge in [-0.05, 0) is 46.0 Å². The summed E-state index contributed by atoms with van der Waals surface area (Å²) in [5.41, 5.74) is 2.52. The Balaban J connectivity index is 1.57. The number of amides is 1. The van der Waals surface area contributed by atoms with Gasteiger partial charge in [-0.25, -0.2) is 0 Å². The van der Waals surface area contributed by atoms with E-state index in [1.54, 1.807) is 0 Å². The van der Waals surface area contributed by atoms with Crippen LogP contribution < -0.4 is 5.32 Å². The van der Waals surface area contributed by atoms with Crippen LogP contribution in [0.5, 0.6) is 0 Å². The highest BCUT2D eigenvalue weighted by molar-refractivity contribution is 8.00. The molecule has 6 heteroatoms. The van der Waals surface area contributed by atoms with Crippen LogP contribution in [0.25, 0.3) is 11.4 Å². The summed E-state index contributed by atoms with van der Waals surface area (Å²) in [6.07, 6.45) is 8.25. The van der Waals surface area contributed by atoms with Gasteiger partial charge in [0.15, 0.2) is 11.0 Å². The zero-order valence-electron chi connectivity index (χ0n) is 16.1. The van der Waals surface area contributed by atoms with E-state index in [1.807, 2.05) is 37.3 Å². The zero-order chi connectivity index (χ0) is 19.1. The van der Waals surface area contributed by atoms with Gasteiger partial charge in [0, 0.05) is 18.7 Å². The Morgan fingerprint density at radius 3 is 2.78 bits per heavy atom. The normalized spacial score (nSPS) is 15.3. The lowest BCUT2D eigenvalue weighted by Gasteiger charge is -2.15. The molecule has 3 rings (SSSR count). The van der Waals surface area contributed by atoms with Gasteiger partial charge >= 0.3 is 0 Å². The van der Waals surface area contributed by atoms with Crippen molar-refractivity contribution in [3.05, 3.63) is 42.0 Å². The van der Waals surface area contributed by atoms with Gasteiger partial charge in [0.25, 0.3) is 0 Å². The molecule has 1 aliphatic carbocycles. The Labute approximate surface area is 165 Å². The van der Waals surface area contributed by atoms with Crippen LogP contribution in [-0.4, -0.2) is 32.5 Å². The summed E-state index contributed by atoms with van der Waals surface area (Å²) in [6, 6.07) is 10.0. The molecule has 0 spiro atoms. The Kier molecular flexibility index (Phi) is 7.10. The minimum Gasteiger partial charge on any atom is -0.355 e. The molecule has 5 nitrogen and oxygen atoms in total. The predicted octanol–water partition coefficient (Wildman–Crippen LogP) is 4.45.